The van der Waals surface area contributed by atoms with Crippen LogP contribution >= 0.6 is 22.7 Å². The molecule has 0 bridgehead atoms. The fourth-order valence-corrected chi connectivity index (χ4v) is 22.2. The van der Waals surface area contributed by atoms with Gasteiger partial charge in [-0.05, 0) is 231 Å². The number of benzene rings is 20. The summed E-state index contributed by atoms with van der Waals surface area (Å²) in [6.07, 6.45) is 0. The fraction of sp³-hybridized carbons (Fsp3) is 0.00855. The summed E-state index contributed by atoms with van der Waals surface area (Å²) in [5, 5.41) is 12.1. The van der Waals surface area contributed by atoms with Crippen LogP contribution in [-0.4, -0.2) is 0 Å². The Labute approximate surface area is 715 Å². The van der Waals surface area contributed by atoms with Crippen molar-refractivity contribution in [3.05, 3.63) is 471 Å². The molecular weight excluding hydrogens is 1510 g/mol. The van der Waals surface area contributed by atoms with E-state index in [0.717, 1.165) is 106 Å². The van der Waals surface area contributed by atoms with Crippen LogP contribution < -0.4 is 9.80 Å². The van der Waals surface area contributed by atoms with E-state index in [0.29, 0.717) is 0 Å². The van der Waals surface area contributed by atoms with Crippen LogP contribution in [0.1, 0.15) is 22.3 Å². The van der Waals surface area contributed by atoms with Crippen molar-refractivity contribution in [3.8, 4) is 89.0 Å². The second kappa shape index (κ2) is 29.1. The molecule has 1 aliphatic carbocycles. The summed E-state index contributed by atoms with van der Waals surface area (Å²) in [4.78, 5) is 5.00. The quantitative estimate of drug-likeness (QED) is 0.102. The molecule has 570 valence electrons. The van der Waals surface area contributed by atoms with Gasteiger partial charge in [-0.15, -0.1) is 22.7 Å². The lowest BCUT2D eigenvalue weighted by molar-refractivity contribution is 0.669. The third-order valence-electron chi connectivity index (χ3n) is 25.4. The first-order valence-corrected chi connectivity index (χ1v) is 43.5. The van der Waals surface area contributed by atoms with Gasteiger partial charge < -0.3 is 14.2 Å². The Hall–Kier alpha value is -15.2. The van der Waals surface area contributed by atoms with Crippen LogP contribution in [0.4, 0.5) is 34.1 Å². The molecule has 5 heteroatoms. The van der Waals surface area contributed by atoms with Gasteiger partial charge in [-0.3, -0.25) is 0 Å². The van der Waals surface area contributed by atoms with Crippen molar-refractivity contribution in [2.75, 3.05) is 9.80 Å². The number of anilines is 6. The standard InChI is InChI=1S/C117H74N2OS2/c1-3-31-85(32-4-1)117(86-33-5-2-6-34-86)103-46-13-7-39-98(103)116-104(117)47-25-50-107(116)119(106-49-15-9-37-94(106)97-45-24-55-113-115(97)100-41-12-18-53-111(100)122-113)88-66-60-75(61-67-88)78-27-19-28-82(70-78)90-42-22-30-83-71-79(62-68-92(83)90)81-57-56-77-26-21-43-91(101(77)73-81)84-29-20-35-89(72-84)118(87-64-58-76(59-65-87)80-63-69-109-102(74-80)95-38-10-16-51-108(95)120-109)105-48-14-8-36-93(105)96-44-23-54-112-114(96)99-40-11-17-52-110(99)121-112/h1-74H. The van der Waals surface area contributed by atoms with E-state index in [9.17, 15) is 0 Å². The lowest BCUT2D eigenvalue weighted by atomic mass is 9.68. The van der Waals surface area contributed by atoms with Gasteiger partial charge >= 0.3 is 0 Å². The monoisotopic (exact) mass is 1590 g/mol. The van der Waals surface area contributed by atoms with Crippen molar-refractivity contribution in [1.82, 2.24) is 0 Å². The zero-order chi connectivity index (χ0) is 80.4. The normalized spacial score (nSPS) is 12.3. The molecule has 1 aliphatic rings. The number of thiophene rings is 2. The molecule has 0 saturated heterocycles. The van der Waals surface area contributed by atoms with Gasteiger partial charge in [0.25, 0.3) is 0 Å². The van der Waals surface area contributed by atoms with E-state index in [1.165, 1.54) is 123 Å². The molecule has 0 amide bonds. The highest BCUT2D eigenvalue weighted by molar-refractivity contribution is 7.26. The molecule has 122 heavy (non-hydrogen) atoms. The summed E-state index contributed by atoms with van der Waals surface area (Å²) in [6.45, 7) is 0. The number of fused-ring (bicyclic) bond motifs is 14. The lowest BCUT2D eigenvalue weighted by Gasteiger charge is -2.34. The maximum absolute atomic E-state index is 6.28. The molecule has 24 rings (SSSR count). The van der Waals surface area contributed by atoms with Gasteiger partial charge in [0.05, 0.1) is 22.5 Å². The number of rotatable bonds is 15. The summed E-state index contributed by atoms with van der Waals surface area (Å²) in [5.74, 6) is 0. The summed E-state index contributed by atoms with van der Waals surface area (Å²) in [7, 11) is 0. The summed E-state index contributed by atoms with van der Waals surface area (Å²) in [6, 6.07) is 167. The summed E-state index contributed by atoms with van der Waals surface area (Å²) in [5.41, 5.74) is 31.5. The van der Waals surface area contributed by atoms with Crippen molar-refractivity contribution in [2.45, 2.75) is 5.41 Å². The molecule has 0 fully saturated rings. The minimum Gasteiger partial charge on any atom is -0.456 e. The third-order valence-corrected chi connectivity index (χ3v) is 27.6. The molecule has 20 aromatic carbocycles. The molecule has 0 atom stereocenters. The Morgan fingerprint density at radius 2 is 0.639 bits per heavy atom. The van der Waals surface area contributed by atoms with Crippen LogP contribution in [0.5, 0.6) is 0 Å². The predicted octanol–water partition coefficient (Wildman–Crippen LogP) is 33.6. The SMILES string of the molecule is c1ccc(C2(c3ccccc3)c3ccccc3-c3c(N(c4ccc(-c5cccc(-c6cccc7cc(-c8ccc9cccc(-c%10cccc(N(c%11ccc(-c%12ccc%13oc%14ccccc%14c%13c%12)cc%11)c%11ccccc%11-c%11cccc%12sc%13ccccc%13c%11%12)c%10)c9c8)ccc67)c5)cc4)c4ccccc4-c4cccc5sc6ccccc6c45)cccc32)cc1. The topological polar surface area (TPSA) is 19.6 Å². The number of hydrogen-bond acceptors (Lipinski definition) is 5. The maximum Gasteiger partial charge on any atom is 0.135 e. The third kappa shape index (κ3) is 11.6. The molecule has 0 unspecified atom stereocenters. The van der Waals surface area contributed by atoms with Crippen LogP contribution in [-0.2, 0) is 5.41 Å². The van der Waals surface area contributed by atoms with Crippen LogP contribution in [0, 0.1) is 0 Å². The highest BCUT2D eigenvalue weighted by Gasteiger charge is 2.47. The molecule has 0 spiro atoms. The molecule has 3 aromatic heterocycles. The van der Waals surface area contributed by atoms with E-state index in [1.807, 2.05) is 34.8 Å². The second-order valence-electron chi connectivity index (χ2n) is 32.0. The smallest absolute Gasteiger partial charge is 0.135 e. The largest absolute Gasteiger partial charge is 0.456 e. The van der Waals surface area contributed by atoms with Crippen LogP contribution in [0.2, 0.25) is 0 Å². The lowest BCUT2D eigenvalue weighted by Crippen LogP contribution is -2.28. The average Bonchev–Trinajstić information content (AvgIpc) is 1.67. The molecule has 23 aromatic rings. The Morgan fingerprint density at radius 1 is 0.205 bits per heavy atom. The minimum atomic E-state index is -0.581. The summed E-state index contributed by atoms with van der Waals surface area (Å²) < 4.78 is 11.4. The van der Waals surface area contributed by atoms with Gasteiger partial charge in [0.15, 0.2) is 0 Å². The van der Waals surface area contributed by atoms with Gasteiger partial charge in [0.2, 0.25) is 0 Å². The van der Waals surface area contributed by atoms with Crippen LogP contribution in [0.3, 0.4) is 0 Å². The molecule has 0 aliphatic heterocycles. The fourth-order valence-electron chi connectivity index (χ4n) is 19.9. The van der Waals surface area contributed by atoms with Crippen molar-refractivity contribution in [1.29, 1.82) is 0 Å². The van der Waals surface area contributed by atoms with E-state index in [2.05, 4.69) is 447 Å². The maximum atomic E-state index is 6.28. The number of para-hydroxylation sites is 3. The van der Waals surface area contributed by atoms with Crippen molar-refractivity contribution < 1.29 is 4.42 Å². The van der Waals surface area contributed by atoms with Crippen molar-refractivity contribution >= 4 is 141 Å². The van der Waals surface area contributed by atoms with E-state index in [-0.39, 0.29) is 0 Å². The first-order valence-electron chi connectivity index (χ1n) is 41.8. The molecule has 0 saturated carbocycles. The van der Waals surface area contributed by atoms with Gasteiger partial charge in [-0.25, -0.2) is 0 Å². The molecule has 3 heterocycles. The number of furan rings is 1. The van der Waals surface area contributed by atoms with E-state index in [1.54, 1.807) is 0 Å². The van der Waals surface area contributed by atoms with E-state index in [4.69, 9.17) is 4.42 Å². The first kappa shape index (κ1) is 70.9. The van der Waals surface area contributed by atoms with Crippen molar-refractivity contribution in [2.24, 2.45) is 0 Å². The second-order valence-corrected chi connectivity index (χ2v) is 34.2. The average molecular weight is 1590 g/mol. The highest BCUT2D eigenvalue weighted by atomic mass is 32.1. The highest BCUT2D eigenvalue weighted by Crippen LogP contribution is 2.61. The summed E-state index contributed by atoms with van der Waals surface area (Å²) >= 11 is 3.72. The Balaban J connectivity index is 0.580. The molecular formula is C117H74N2OS2. The number of hydrogen-bond donors (Lipinski definition) is 0. The van der Waals surface area contributed by atoms with Gasteiger partial charge in [-0.1, -0.05) is 334 Å². The van der Waals surface area contributed by atoms with Gasteiger partial charge in [-0.2, -0.15) is 0 Å². The Kier molecular flexibility index (Phi) is 16.9. The van der Waals surface area contributed by atoms with Crippen LogP contribution in [0.25, 0.3) is 173 Å². The van der Waals surface area contributed by atoms with Gasteiger partial charge in [0, 0.05) is 84.9 Å². The van der Waals surface area contributed by atoms with Crippen molar-refractivity contribution in [3.63, 3.8) is 0 Å². The predicted molar refractivity (Wildman–Crippen MR) is 519 cm³/mol. The Bertz CT molecular complexity index is 8050. The van der Waals surface area contributed by atoms with Crippen LogP contribution in [0.15, 0.2) is 453 Å². The molecule has 0 radical (unpaired) electrons. The zero-order valence-electron chi connectivity index (χ0n) is 66.3. The zero-order valence-corrected chi connectivity index (χ0v) is 68.0. The van der Waals surface area contributed by atoms with Gasteiger partial charge in [0.1, 0.15) is 11.2 Å². The molecule has 3 nitrogen and oxygen atoms in total. The number of nitrogens with zero attached hydrogens (tertiary/aromatic N) is 2. The van der Waals surface area contributed by atoms with E-state index < -0.39 is 5.41 Å². The molecule has 0 N–H and O–H groups in total. The minimum absolute atomic E-state index is 0.581. The Morgan fingerprint density at radius 3 is 1.33 bits per heavy atom. The van der Waals surface area contributed by atoms with E-state index >= 15 is 0 Å². The first-order chi connectivity index (χ1) is 60.5.